The monoisotopic (exact) mass is 541 g/mol. The molecule has 0 aliphatic rings. The molecule has 4 rings (SSSR count). The summed E-state index contributed by atoms with van der Waals surface area (Å²) in [6.07, 6.45) is -1.75. The number of nitrogen functional groups attached to an aromatic ring is 1. The molecule has 0 bridgehead atoms. The van der Waals surface area contributed by atoms with Crippen LogP contribution in [0.2, 0.25) is 10.0 Å². The van der Waals surface area contributed by atoms with E-state index in [4.69, 9.17) is 33.5 Å². The molecule has 190 valence electrons. The van der Waals surface area contributed by atoms with Crippen LogP contribution in [0.3, 0.4) is 0 Å². The number of rotatable bonds is 8. The van der Waals surface area contributed by atoms with Gasteiger partial charge < -0.3 is 31.1 Å². The Kier molecular flexibility index (Phi) is 8.04. The van der Waals surface area contributed by atoms with Gasteiger partial charge in [0.2, 0.25) is 0 Å². The van der Waals surface area contributed by atoms with Gasteiger partial charge in [0.1, 0.15) is 0 Å². The van der Waals surface area contributed by atoms with Crippen LogP contribution in [-0.2, 0) is 6.42 Å². The van der Waals surface area contributed by atoms with Crippen molar-refractivity contribution in [3.63, 3.8) is 0 Å². The summed E-state index contributed by atoms with van der Waals surface area (Å²) in [6.45, 7) is 0. The molecule has 6 N–H and O–H groups in total. The number of halogens is 2. The van der Waals surface area contributed by atoms with Crippen LogP contribution in [0.4, 0.5) is 11.6 Å². The van der Waals surface area contributed by atoms with Crippen molar-refractivity contribution in [3.05, 3.63) is 93.5 Å². The molecule has 10 nitrogen and oxygen atoms in total. The molecular formula is C25H21Cl2N5O5. The third-order valence-electron chi connectivity index (χ3n) is 5.35. The summed E-state index contributed by atoms with van der Waals surface area (Å²) in [5.41, 5.74) is 7.62. The lowest BCUT2D eigenvalue weighted by atomic mass is 10.0. The van der Waals surface area contributed by atoms with Gasteiger partial charge in [0, 0.05) is 16.8 Å². The number of hydrogen-bond donors (Lipinski definition) is 5. The van der Waals surface area contributed by atoms with Crippen molar-refractivity contribution < 1.29 is 24.3 Å². The van der Waals surface area contributed by atoms with E-state index < -0.39 is 18.2 Å². The molecule has 0 aliphatic carbocycles. The Balaban J connectivity index is 1.41. The van der Waals surface area contributed by atoms with Crippen LogP contribution in [0, 0.1) is 0 Å². The number of benzene rings is 3. The molecule has 0 saturated carbocycles. The first-order valence-electron chi connectivity index (χ1n) is 10.9. The Morgan fingerprint density at radius 2 is 1.65 bits per heavy atom. The Morgan fingerprint density at radius 1 is 0.973 bits per heavy atom. The number of aliphatic hydroxyl groups excluding tert-OH is 1. The molecule has 37 heavy (non-hydrogen) atoms. The quantitative estimate of drug-likeness (QED) is 0.211. The molecule has 3 aromatic carbocycles. The Bertz CT molecular complexity index is 1410. The van der Waals surface area contributed by atoms with Gasteiger partial charge in [0.25, 0.3) is 23.7 Å². The number of aliphatic hydroxyl groups is 2. The van der Waals surface area contributed by atoms with Gasteiger partial charge in [-0.05, 0) is 59.6 Å². The number of nitrogens with two attached hydrogens (primary N) is 1. The number of nitrogens with zero attached hydrogens (tertiary/aromatic N) is 2. The second kappa shape index (κ2) is 11.4. The van der Waals surface area contributed by atoms with E-state index in [0.717, 1.165) is 0 Å². The Morgan fingerprint density at radius 3 is 2.27 bits per heavy atom. The fourth-order valence-electron chi connectivity index (χ4n) is 3.51. The second-order valence-electron chi connectivity index (χ2n) is 7.98. The third-order valence-corrected chi connectivity index (χ3v) is 5.98. The van der Waals surface area contributed by atoms with Gasteiger partial charge >= 0.3 is 0 Å². The SMILES string of the molecule is Nc1noc(-c2cccc(C(=O)Nc3ccc(C[C@H](NC(=O)c4c(Cl)cccc4Cl)C(O)O)cc3)c2)n1. The normalized spacial score (nSPS) is 11.8. The van der Waals surface area contributed by atoms with Crippen LogP contribution in [-0.4, -0.2) is 44.5 Å². The second-order valence-corrected chi connectivity index (χ2v) is 8.80. The Hall–Kier alpha value is -3.96. The first-order chi connectivity index (χ1) is 17.7. The molecule has 12 heteroatoms. The molecule has 1 atom stereocenters. The number of hydrogen-bond acceptors (Lipinski definition) is 8. The molecule has 0 radical (unpaired) electrons. The highest BCUT2D eigenvalue weighted by Gasteiger charge is 2.23. The van der Waals surface area contributed by atoms with Gasteiger partial charge in [-0.3, -0.25) is 9.59 Å². The zero-order valence-corrected chi connectivity index (χ0v) is 20.6. The highest BCUT2D eigenvalue weighted by molar-refractivity contribution is 6.39. The van der Waals surface area contributed by atoms with Gasteiger partial charge in [0.15, 0.2) is 6.29 Å². The predicted molar refractivity (Wildman–Crippen MR) is 138 cm³/mol. The third kappa shape index (κ3) is 6.43. The minimum atomic E-state index is -1.84. The lowest BCUT2D eigenvalue weighted by Crippen LogP contribution is -2.45. The van der Waals surface area contributed by atoms with E-state index >= 15 is 0 Å². The van der Waals surface area contributed by atoms with E-state index in [9.17, 15) is 19.8 Å². The molecule has 0 saturated heterocycles. The van der Waals surface area contributed by atoms with Crippen LogP contribution < -0.4 is 16.4 Å². The van der Waals surface area contributed by atoms with Crippen LogP contribution in [0.5, 0.6) is 0 Å². The first kappa shape index (κ1) is 26.1. The van der Waals surface area contributed by atoms with Crippen LogP contribution in [0.25, 0.3) is 11.5 Å². The fraction of sp³-hybridized carbons (Fsp3) is 0.120. The topological polar surface area (TPSA) is 164 Å². The highest BCUT2D eigenvalue weighted by Crippen LogP contribution is 2.25. The largest absolute Gasteiger partial charge is 0.366 e. The van der Waals surface area contributed by atoms with Crippen molar-refractivity contribution in [1.82, 2.24) is 15.5 Å². The van der Waals surface area contributed by atoms with Gasteiger partial charge in [0.05, 0.1) is 21.7 Å². The molecule has 0 spiro atoms. The lowest BCUT2D eigenvalue weighted by Gasteiger charge is -2.21. The molecular weight excluding hydrogens is 521 g/mol. The van der Waals surface area contributed by atoms with Crippen molar-refractivity contribution >= 4 is 46.7 Å². The number of aromatic nitrogens is 2. The lowest BCUT2D eigenvalue weighted by molar-refractivity contribution is -0.0647. The van der Waals surface area contributed by atoms with Crippen molar-refractivity contribution in [2.45, 2.75) is 18.8 Å². The van der Waals surface area contributed by atoms with Gasteiger partial charge in [-0.25, -0.2) is 0 Å². The summed E-state index contributed by atoms with van der Waals surface area (Å²) in [5, 5.41) is 28.8. The molecule has 1 aromatic heterocycles. The van der Waals surface area contributed by atoms with Crippen LogP contribution >= 0.6 is 23.2 Å². The minimum absolute atomic E-state index is 0.00636. The van der Waals surface area contributed by atoms with Gasteiger partial charge in [-0.15, -0.1) is 0 Å². The number of nitrogens with one attached hydrogen (secondary N) is 2. The predicted octanol–water partition coefficient (Wildman–Crippen LogP) is 3.53. The average Bonchev–Trinajstić information content (AvgIpc) is 3.31. The van der Waals surface area contributed by atoms with Crippen LogP contribution in [0.15, 0.2) is 71.3 Å². The van der Waals surface area contributed by atoms with Crippen LogP contribution in [0.1, 0.15) is 26.3 Å². The van der Waals surface area contributed by atoms with Gasteiger partial charge in [-0.2, -0.15) is 4.98 Å². The maximum Gasteiger partial charge on any atom is 0.261 e. The van der Waals surface area contributed by atoms with Crippen molar-refractivity contribution in [1.29, 1.82) is 0 Å². The number of carbonyl (C=O) groups is 2. The molecule has 0 fully saturated rings. The highest BCUT2D eigenvalue weighted by atomic mass is 35.5. The maximum absolute atomic E-state index is 12.7. The molecule has 1 heterocycles. The molecule has 0 unspecified atom stereocenters. The smallest absolute Gasteiger partial charge is 0.261 e. The minimum Gasteiger partial charge on any atom is -0.366 e. The first-order valence-corrected chi connectivity index (χ1v) is 11.7. The number of carbonyl (C=O) groups excluding carboxylic acids is 2. The van der Waals surface area contributed by atoms with E-state index in [2.05, 4.69) is 20.8 Å². The molecule has 4 aromatic rings. The summed E-state index contributed by atoms with van der Waals surface area (Å²) >= 11 is 12.1. The van der Waals surface area contributed by atoms with E-state index in [1.807, 2.05) is 0 Å². The summed E-state index contributed by atoms with van der Waals surface area (Å²) in [5.74, 6) is -0.813. The fourth-order valence-corrected chi connectivity index (χ4v) is 4.08. The zero-order chi connectivity index (χ0) is 26.5. The molecule has 0 aliphatic heterocycles. The van der Waals surface area contributed by atoms with E-state index in [1.165, 1.54) is 12.1 Å². The summed E-state index contributed by atoms with van der Waals surface area (Å²) in [6, 6.07) is 16.9. The van der Waals surface area contributed by atoms with Crippen molar-refractivity contribution in [2.24, 2.45) is 0 Å². The van der Waals surface area contributed by atoms with E-state index in [-0.39, 0.29) is 39.8 Å². The standard InChI is InChI=1S/C25H21Cl2N5O5/c26-17-5-2-6-18(27)20(17)22(34)30-19(24(35)36)11-13-7-9-16(10-8-13)29-21(33)14-3-1-4-15(12-14)23-31-25(28)32-37-23/h1-10,12,19,24,35-36H,11H2,(H2,28,32)(H,29,33)(H,30,34)/t19-/m0/s1. The summed E-state index contributed by atoms with van der Waals surface area (Å²) in [7, 11) is 0. The number of amides is 2. The van der Waals surface area contributed by atoms with Crippen molar-refractivity contribution in [3.8, 4) is 11.5 Å². The van der Waals surface area contributed by atoms with Crippen molar-refractivity contribution in [2.75, 3.05) is 11.1 Å². The van der Waals surface area contributed by atoms with Gasteiger partial charge in [-0.1, -0.05) is 47.5 Å². The number of anilines is 2. The molecule has 2 amide bonds. The maximum atomic E-state index is 12.7. The van der Waals surface area contributed by atoms with E-state index in [1.54, 1.807) is 54.6 Å². The zero-order valence-electron chi connectivity index (χ0n) is 19.1. The average molecular weight is 542 g/mol. The van der Waals surface area contributed by atoms with E-state index in [0.29, 0.717) is 22.4 Å². The summed E-state index contributed by atoms with van der Waals surface area (Å²) in [4.78, 5) is 29.3. The Labute approximate surface area is 221 Å². The summed E-state index contributed by atoms with van der Waals surface area (Å²) < 4.78 is 5.03.